The number of halogens is 3. The van der Waals surface area contributed by atoms with Gasteiger partial charge in [-0.15, -0.1) is 0 Å². The zero-order valence-corrected chi connectivity index (χ0v) is 25.2. The highest BCUT2D eigenvalue weighted by atomic mass is 32.2. The molecule has 3 heterocycles. The molecule has 3 amide bonds. The summed E-state index contributed by atoms with van der Waals surface area (Å²) in [5, 5.41) is 4.26. The zero-order valence-electron chi connectivity index (χ0n) is 23.5. The van der Waals surface area contributed by atoms with Crippen LogP contribution in [-0.4, -0.2) is 34.6 Å². The molecule has 0 saturated carbocycles. The summed E-state index contributed by atoms with van der Waals surface area (Å²) in [6.45, 7) is -0.313. The summed E-state index contributed by atoms with van der Waals surface area (Å²) < 4.78 is 46.2. The lowest BCUT2D eigenvalue weighted by atomic mass is 9.83. The van der Waals surface area contributed by atoms with Crippen molar-refractivity contribution >= 4 is 63.0 Å². The number of aromatic nitrogens is 1. The molecule has 1 saturated heterocycles. The van der Waals surface area contributed by atoms with Gasteiger partial charge in [0, 0.05) is 16.5 Å². The van der Waals surface area contributed by atoms with E-state index in [4.69, 9.17) is 4.74 Å². The van der Waals surface area contributed by atoms with E-state index in [-0.39, 0.29) is 17.2 Å². The number of alkyl halides is 3. The summed E-state index contributed by atoms with van der Waals surface area (Å²) >= 11 is 1.93. The highest BCUT2D eigenvalue weighted by Crippen LogP contribution is 2.53. The van der Waals surface area contributed by atoms with E-state index in [1.807, 2.05) is 36.4 Å². The van der Waals surface area contributed by atoms with Crippen molar-refractivity contribution in [1.82, 2.24) is 4.98 Å². The van der Waals surface area contributed by atoms with Gasteiger partial charge in [-0.25, -0.2) is 4.90 Å². The number of carbonyl (C=O) groups excluding carboxylic acids is 3. The van der Waals surface area contributed by atoms with Gasteiger partial charge in [0.1, 0.15) is 11.0 Å². The summed E-state index contributed by atoms with van der Waals surface area (Å²) in [5.74, 6) is -3.19. The highest BCUT2D eigenvalue weighted by Gasteiger charge is 2.56. The van der Waals surface area contributed by atoms with Crippen molar-refractivity contribution in [3.05, 3.63) is 117 Å². The Bertz CT molecular complexity index is 2090. The average molecular weight is 662 g/mol. The van der Waals surface area contributed by atoms with E-state index in [1.54, 1.807) is 30.3 Å². The van der Waals surface area contributed by atoms with Crippen molar-refractivity contribution in [3.63, 3.8) is 0 Å². The number of hydrogen-bond acceptors (Lipinski definition) is 7. The summed E-state index contributed by atoms with van der Waals surface area (Å²) in [6.07, 6.45) is -4.66. The smallest absolute Gasteiger partial charge is 0.416 e. The topological polar surface area (TPSA) is 109 Å². The van der Waals surface area contributed by atoms with E-state index >= 15 is 0 Å². The van der Waals surface area contributed by atoms with Crippen molar-refractivity contribution in [2.24, 2.45) is 5.92 Å². The fraction of sp³-hybridized carbons (Fsp3) is 0.152. The number of ether oxygens (including phenoxy) is 1. The van der Waals surface area contributed by atoms with Gasteiger partial charge in [0.25, 0.3) is 5.91 Å². The Morgan fingerprint density at radius 2 is 1.67 bits per heavy atom. The van der Waals surface area contributed by atoms with Gasteiger partial charge in [-0.1, -0.05) is 71.6 Å². The molecule has 2 aliphatic rings. The number of fused-ring (bicyclic) bond motifs is 3. The van der Waals surface area contributed by atoms with Gasteiger partial charge in [0.15, 0.2) is 6.61 Å². The maximum atomic E-state index is 13.9. The standard InChI is InChI=1S/C33H22F3N3O5S2/c34-33(35,36)20-8-4-9-22(15-20)39-30(41)26-25(27-29(38-32(43)46-27)45-28(26)31(39)42)19-7-3-10-23(14-19)44-16-24(40)37-21-12-11-17-5-1-2-6-18(17)13-21/h1-15,25-26,28H,16H2,(H,37,40)(H,38,43). The number of hydrogen-bond donors (Lipinski definition) is 2. The van der Waals surface area contributed by atoms with Crippen LogP contribution < -0.4 is 19.8 Å². The molecular weight excluding hydrogens is 640 g/mol. The molecule has 0 radical (unpaired) electrons. The minimum Gasteiger partial charge on any atom is -0.484 e. The van der Waals surface area contributed by atoms with Crippen LogP contribution in [0.15, 0.2) is 101 Å². The summed E-state index contributed by atoms with van der Waals surface area (Å²) in [7, 11) is 0. The number of nitrogens with one attached hydrogen (secondary N) is 2. The molecule has 3 unspecified atom stereocenters. The molecule has 8 nitrogen and oxygen atoms in total. The largest absolute Gasteiger partial charge is 0.484 e. The molecule has 3 atom stereocenters. The van der Waals surface area contributed by atoms with E-state index in [1.165, 1.54) is 6.07 Å². The number of amides is 3. The molecule has 1 fully saturated rings. The van der Waals surface area contributed by atoms with Gasteiger partial charge in [-0.3, -0.25) is 19.2 Å². The molecule has 232 valence electrons. The van der Waals surface area contributed by atoms with E-state index in [9.17, 15) is 32.3 Å². The van der Waals surface area contributed by atoms with Crippen LogP contribution in [0.5, 0.6) is 5.75 Å². The number of benzene rings is 4. The van der Waals surface area contributed by atoms with Gasteiger partial charge in [0.05, 0.1) is 22.2 Å². The first-order valence-corrected chi connectivity index (χ1v) is 15.7. The summed E-state index contributed by atoms with van der Waals surface area (Å²) in [4.78, 5) is 56.3. The van der Waals surface area contributed by atoms with E-state index in [0.717, 1.165) is 57.0 Å². The summed E-state index contributed by atoms with van der Waals surface area (Å²) in [6, 6.07) is 24.0. The average Bonchev–Trinajstić information content (AvgIpc) is 3.53. The molecule has 1 aromatic heterocycles. The first-order valence-electron chi connectivity index (χ1n) is 14.0. The Labute approximate surface area is 267 Å². The number of H-pyrrole nitrogens is 1. The molecule has 0 bridgehead atoms. The quantitative estimate of drug-likeness (QED) is 0.203. The van der Waals surface area contributed by atoms with E-state index in [0.29, 0.717) is 26.9 Å². The minimum atomic E-state index is -4.66. The second kappa shape index (κ2) is 11.5. The molecule has 5 aromatic rings. The Hall–Kier alpha value is -4.88. The second-order valence-electron chi connectivity index (χ2n) is 10.8. The molecule has 0 aliphatic carbocycles. The lowest BCUT2D eigenvalue weighted by Crippen LogP contribution is -2.32. The Morgan fingerprint density at radius 3 is 2.48 bits per heavy atom. The van der Waals surface area contributed by atoms with Crippen LogP contribution in [0.4, 0.5) is 24.5 Å². The van der Waals surface area contributed by atoms with Crippen LogP contribution in [0.1, 0.15) is 21.9 Å². The van der Waals surface area contributed by atoms with E-state index < -0.39 is 46.5 Å². The lowest BCUT2D eigenvalue weighted by Gasteiger charge is -2.30. The number of aromatic amines is 1. The lowest BCUT2D eigenvalue weighted by molar-refractivity contribution is -0.137. The number of thioether (sulfide) groups is 1. The maximum Gasteiger partial charge on any atom is 0.416 e. The van der Waals surface area contributed by atoms with Crippen LogP contribution in [0.25, 0.3) is 10.8 Å². The third-order valence-electron chi connectivity index (χ3n) is 7.88. The monoisotopic (exact) mass is 661 g/mol. The molecule has 46 heavy (non-hydrogen) atoms. The van der Waals surface area contributed by atoms with Crippen LogP contribution in [0, 0.1) is 5.92 Å². The van der Waals surface area contributed by atoms with Gasteiger partial charge >= 0.3 is 11.0 Å². The van der Waals surface area contributed by atoms with Crippen LogP contribution in [0.3, 0.4) is 0 Å². The van der Waals surface area contributed by atoms with Gasteiger partial charge in [0.2, 0.25) is 11.8 Å². The Balaban J connectivity index is 1.15. The third-order valence-corrected chi connectivity index (χ3v) is 10.3. The number of nitrogens with zero attached hydrogens (tertiary/aromatic N) is 1. The molecule has 13 heteroatoms. The van der Waals surface area contributed by atoms with Crippen molar-refractivity contribution in [3.8, 4) is 5.75 Å². The van der Waals surface area contributed by atoms with Crippen molar-refractivity contribution < 1.29 is 32.3 Å². The number of thiazole rings is 1. The molecule has 2 N–H and O–H groups in total. The SMILES string of the molecule is O=C(COc1cccc(C2c3sc(=O)[nH]c3SC3C(=O)N(c4cccc(C(F)(F)F)c4)C(=O)C32)c1)Nc1ccc2ccccc2c1. The molecular formula is C33H22F3N3O5S2. The van der Waals surface area contributed by atoms with Crippen LogP contribution in [-0.2, 0) is 20.6 Å². The van der Waals surface area contributed by atoms with E-state index in [2.05, 4.69) is 10.3 Å². The number of imide groups is 1. The highest BCUT2D eigenvalue weighted by molar-refractivity contribution is 8.00. The number of anilines is 2. The molecule has 0 spiro atoms. The number of rotatable bonds is 6. The van der Waals surface area contributed by atoms with Crippen molar-refractivity contribution in [2.45, 2.75) is 22.4 Å². The minimum absolute atomic E-state index is 0.176. The zero-order chi connectivity index (χ0) is 32.2. The van der Waals surface area contributed by atoms with Crippen molar-refractivity contribution in [1.29, 1.82) is 0 Å². The van der Waals surface area contributed by atoms with Crippen LogP contribution >= 0.6 is 23.1 Å². The fourth-order valence-electron chi connectivity index (χ4n) is 5.86. The molecule has 7 rings (SSSR count). The maximum absolute atomic E-state index is 13.9. The second-order valence-corrected chi connectivity index (χ2v) is 12.9. The Morgan fingerprint density at radius 1 is 0.891 bits per heavy atom. The summed E-state index contributed by atoms with van der Waals surface area (Å²) in [5.41, 5.74) is -0.00439. The van der Waals surface area contributed by atoms with Crippen LogP contribution in [0.2, 0.25) is 0 Å². The van der Waals surface area contributed by atoms with Gasteiger partial charge < -0.3 is 15.0 Å². The normalized spacial score (nSPS) is 19.2. The number of carbonyl (C=O) groups is 3. The Kier molecular flexibility index (Phi) is 7.44. The first-order chi connectivity index (χ1) is 22.1. The predicted octanol–water partition coefficient (Wildman–Crippen LogP) is 6.42. The van der Waals surface area contributed by atoms with Gasteiger partial charge in [-0.05, 0) is 58.8 Å². The first kappa shape index (κ1) is 29.8. The fourth-order valence-corrected chi connectivity index (χ4v) is 8.38. The predicted molar refractivity (Wildman–Crippen MR) is 168 cm³/mol. The van der Waals surface area contributed by atoms with Gasteiger partial charge in [-0.2, -0.15) is 13.2 Å². The third kappa shape index (κ3) is 5.45. The van der Waals surface area contributed by atoms with Crippen molar-refractivity contribution in [2.75, 3.05) is 16.8 Å². The molecule has 4 aromatic carbocycles. The molecule has 2 aliphatic heterocycles.